The van der Waals surface area contributed by atoms with Crippen LogP contribution in [0.5, 0.6) is 0 Å². The highest BCUT2D eigenvalue weighted by Gasteiger charge is 2.09. The molecule has 0 unspecified atom stereocenters. The minimum absolute atomic E-state index is 0.104. The van der Waals surface area contributed by atoms with E-state index in [-0.39, 0.29) is 16.3 Å². The lowest BCUT2D eigenvalue weighted by molar-refractivity contribution is 0.102. The van der Waals surface area contributed by atoms with E-state index in [9.17, 15) is 4.79 Å². The minimum Gasteiger partial charge on any atom is -0.384 e. The molecular weight excluding hydrogens is 243 g/mol. The lowest BCUT2D eigenvalue weighted by atomic mass is 10.2. The molecule has 2 N–H and O–H groups in total. The van der Waals surface area contributed by atoms with Gasteiger partial charge in [-0.15, -0.1) is 0 Å². The summed E-state index contributed by atoms with van der Waals surface area (Å²) < 4.78 is 0. The van der Waals surface area contributed by atoms with Crippen LogP contribution in [0, 0.1) is 0 Å². The van der Waals surface area contributed by atoms with Crippen molar-refractivity contribution in [1.82, 2.24) is 4.98 Å². The van der Waals surface area contributed by atoms with E-state index < -0.39 is 0 Å². The number of pyridine rings is 1. The fourth-order valence-electron chi connectivity index (χ4n) is 0.728. The first kappa shape index (κ1) is 9.48. The van der Waals surface area contributed by atoms with Crippen molar-refractivity contribution in [1.29, 1.82) is 0 Å². The maximum atomic E-state index is 11.1. The first-order valence-corrected chi connectivity index (χ1v) is 4.66. The molecule has 0 amide bonds. The van der Waals surface area contributed by atoms with Gasteiger partial charge in [-0.05, 0) is 12.1 Å². The Labute approximate surface area is 83.1 Å². The van der Waals surface area contributed by atoms with Gasteiger partial charge in [-0.25, -0.2) is 4.98 Å². The number of halogens is 2. The molecule has 0 fully saturated rings. The Morgan fingerprint density at radius 3 is 2.83 bits per heavy atom. The van der Waals surface area contributed by atoms with E-state index in [2.05, 4.69) is 20.9 Å². The normalized spacial score (nSPS) is 9.83. The molecule has 3 nitrogen and oxygen atoms in total. The number of nitrogens with zero attached hydrogens (tertiary/aromatic N) is 1. The molecule has 64 valence electrons. The quantitative estimate of drug-likeness (QED) is 0.495. The van der Waals surface area contributed by atoms with E-state index in [0.717, 1.165) is 0 Å². The monoisotopic (exact) mass is 248 g/mol. The van der Waals surface area contributed by atoms with E-state index in [1.165, 1.54) is 0 Å². The Morgan fingerprint density at radius 2 is 2.33 bits per heavy atom. The summed E-state index contributed by atoms with van der Waals surface area (Å²) in [7, 11) is 0. The van der Waals surface area contributed by atoms with Crippen molar-refractivity contribution >= 4 is 39.1 Å². The van der Waals surface area contributed by atoms with Crippen LogP contribution in [0.1, 0.15) is 10.4 Å². The maximum absolute atomic E-state index is 11.1. The van der Waals surface area contributed by atoms with Crippen LogP contribution in [0.15, 0.2) is 12.1 Å². The first-order valence-electron chi connectivity index (χ1n) is 3.16. The summed E-state index contributed by atoms with van der Waals surface area (Å²) in [6.07, 6.45) is 0. The number of rotatable bonds is 2. The Hall–Kier alpha value is -0.610. The smallest absolute Gasteiger partial charge is 0.176 e. The first-order chi connectivity index (χ1) is 5.65. The van der Waals surface area contributed by atoms with Crippen molar-refractivity contribution in [3.8, 4) is 0 Å². The van der Waals surface area contributed by atoms with Gasteiger partial charge >= 0.3 is 0 Å². The zero-order chi connectivity index (χ0) is 9.14. The van der Waals surface area contributed by atoms with Gasteiger partial charge in [0, 0.05) is 0 Å². The molecule has 0 saturated heterocycles. The van der Waals surface area contributed by atoms with Crippen LogP contribution in [-0.2, 0) is 0 Å². The Bertz CT molecular complexity index is 316. The van der Waals surface area contributed by atoms with Crippen LogP contribution in [0.3, 0.4) is 0 Å². The molecule has 0 spiro atoms. The Balaban J connectivity index is 3.09. The number of ketones is 1. The Kier molecular flexibility index (Phi) is 3.05. The van der Waals surface area contributed by atoms with E-state index in [1.807, 2.05) is 0 Å². The molecule has 0 saturated carbocycles. The van der Waals surface area contributed by atoms with Crippen LogP contribution in [-0.4, -0.2) is 16.1 Å². The number of nitrogen functional groups attached to an aromatic ring is 1. The second kappa shape index (κ2) is 3.87. The van der Waals surface area contributed by atoms with Crippen molar-refractivity contribution in [3.63, 3.8) is 0 Å². The van der Waals surface area contributed by atoms with Gasteiger partial charge in [-0.1, -0.05) is 27.5 Å². The highest BCUT2D eigenvalue weighted by Crippen LogP contribution is 2.15. The fraction of sp³-hybridized carbons (Fsp3) is 0.143. The van der Waals surface area contributed by atoms with E-state index in [1.54, 1.807) is 12.1 Å². The summed E-state index contributed by atoms with van der Waals surface area (Å²) in [6.45, 7) is 0. The van der Waals surface area contributed by atoms with Crippen LogP contribution < -0.4 is 5.73 Å². The average molecular weight is 249 g/mol. The van der Waals surface area contributed by atoms with Gasteiger partial charge in [-0.2, -0.15) is 0 Å². The molecule has 0 aliphatic rings. The third-order valence-corrected chi connectivity index (χ3v) is 2.09. The van der Waals surface area contributed by atoms with Crippen LogP contribution in [0.4, 0.5) is 5.82 Å². The Morgan fingerprint density at radius 1 is 1.67 bits per heavy atom. The molecule has 1 rings (SSSR count). The number of hydrogen-bond donors (Lipinski definition) is 1. The summed E-state index contributed by atoms with van der Waals surface area (Å²) in [5, 5.41) is 0.387. The lowest BCUT2D eigenvalue weighted by Crippen LogP contribution is -2.03. The van der Waals surface area contributed by atoms with Gasteiger partial charge in [0.2, 0.25) is 0 Å². The molecule has 1 aromatic rings. The highest BCUT2D eigenvalue weighted by molar-refractivity contribution is 9.09. The molecule has 12 heavy (non-hydrogen) atoms. The van der Waals surface area contributed by atoms with Gasteiger partial charge in [0.1, 0.15) is 11.0 Å². The number of nitrogens with two attached hydrogens (primary N) is 1. The second-order valence-corrected chi connectivity index (χ2v) is 3.05. The largest absolute Gasteiger partial charge is 0.384 e. The number of carbonyl (C=O) groups excluding carboxylic acids is 1. The predicted octanol–water partition coefficient (Wildman–Crippen LogP) is 1.89. The minimum atomic E-state index is -0.104. The van der Waals surface area contributed by atoms with Crippen molar-refractivity contribution in [2.75, 3.05) is 11.1 Å². The molecule has 1 aromatic heterocycles. The molecule has 1 heterocycles. The van der Waals surface area contributed by atoms with Gasteiger partial charge in [0.05, 0.1) is 10.9 Å². The molecular formula is C7H6BrClN2O. The number of alkyl halides is 1. The average Bonchev–Trinajstić information content (AvgIpc) is 2.03. The van der Waals surface area contributed by atoms with E-state index in [4.69, 9.17) is 17.3 Å². The predicted molar refractivity (Wildman–Crippen MR) is 51.8 cm³/mol. The number of hydrogen-bond acceptors (Lipinski definition) is 3. The zero-order valence-corrected chi connectivity index (χ0v) is 8.39. The SMILES string of the molecule is Nc1ccc(C(=O)CBr)c(Cl)n1. The van der Waals surface area contributed by atoms with Crippen molar-refractivity contribution in [2.24, 2.45) is 0 Å². The van der Waals surface area contributed by atoms with Gasteiger partial charge in [0.25, 0.3) is 0 Å². The molecule has 0 radical (unpaired) electrons. The fourth-order valence-corrected chi connectivity index (χ4v) is 1.30. The van der Waals surface area contributed by atoms with Gasteiger partial charge in [0.15, 0.2) is 5.78 Å². The van der Waals surface area contributed by atoms with Crippen LogP contribution >= 0.6 is 27.5 Å². The van der Waals surface area contributed by atoms with Gasteiger partial charge in [-0.3, -0.25) is 4.79 Å². The van der Waals surface area contributed by atoms with E-state index >= 15 is 0 Å². The van der Waals surface area contributed by atoms with Crippen molar-refractivity contribution in [2.45, 2.75) is 0 Å². The maximum Gasteiger partial charge on any atom is 0.176 e. The molecule has 5 heteroatoms. The van der Waals surface area contributed by atoms with Crippen molar-refractivity contribution < 1.29 is 4.79 Å². The van der Waals surface area contributed by atoms with Crippen LogP contribution in [0.25, 0.3) is 0 Å². The molecule has 0 aliphatic carbocycles. The standard InChI is InChI=1S/C7H6BrClN2O/c8-3-5(12)4-1-2-6(10)11-7(4)9/h1-2H,3H2,(H2,10,11). The third-order valence-electron chi connectivity index (χ3n) is 1.29. The topological polar surface area (TPSA) is 56.0 Å². The summed E-state index contributed by atoms with van der Waals surface area (Å²) in [5.74, 6) is 0.207. The summed E-state index contributed by atoms with van der Waals surface area (Å²) in [4.78, 5) is 14.9. The number of Topliss-reactive ketones (excluding diaryl/α,β-unsaturated/α-hetero) is 1. The molecule has 0 aliphatic heterocycles. The van der Waals surface area contributed by atoms with Crippen LogP contribution in [0.2, 0.25) is 5.15 Å². The molecule has 0 atom stereocenters. The third kappa shape index (κ3) is 1.95. The zero-order valence-electron chi connectivity index (χ0n) is 6.05. The number of anilines is 1. The second-order valence-electron chi connectivity index (χ2n) is 2.13. The summed E-state index contributed by atoms with van der Waals surface area (Å²) in [5.41, 5.74) is 5.74. The lowest BCUT2D eigenvalue weighted by Gasteiger charge is -1.99. The van der Waals surface area contributed by atoms with Crippen molar-refractivity contribution in [3.05, 3.63) is 22.8 Å². The number of carbonyl (C=O) groups is 1. The summed E-state index contributed by atoms with van der Waals surface area (Å²) in [6, 6.07) is 3.11. The molecule has 0 bridgehead atoms. The van der Waals surface area contributed by atoms with E-state index in [0.29, 0.717) is 11.4 Å². The summed E-state index contributed by atoms with van der Waals surface area (Å²) >= 11 is 8.71. The highest BCUT2D eigenvalue weighted by atomic mass is 79.9. The van der Waals surface area contributed by atoms with Gasteiger partial charge < -0.3 is 5.73 Å². The molecule has 0 aromatic carbocycles. The number of aromatic nitrogens is 1.